The van der Waals surface area contributed by atoms with E-state index in [1.54, 1.807) is 6.20 Å². The van der Waals surface area contributed by atoms with E-state index in [1.807, 2.05) is 115 Å². The molecule has 0 atom stereocenters. The normalized spacial score (nSPS) is 10.0. The van der Waals surface area contributed by atoms with Gasteiger partial charge in [0.05, 0.1) is 11.2 Å². The van der Waals surface area contributed by atoms with E-state index in [9.17, 15) is 4.79 Å². The number of carbonyl (C=O) groups excluding carboxylic acids is 1. The van der Waals surface area contributed by atoms with Crippen molar-refractivity contribution in [2.24, 2.45) is 7.05 Å². The van der Waals surface area contributed by atoms with Gasteiger partial charge in [0.15, 0.2) is 12.4 Å². The maximum absolute atomic E-state index is 12.7. The molecule has 3 N–H and O–H groups in total. The van der Waals surface area contributed by atoms with Crippen LogP contribution >= 0.6 is 0 Å². The van der Waals surface area contributed by atoms with Crippen LogP contribution in [0.2, 0.25) is 0 Å². The molecule has 0 radical (unpaired) electrons. The van der Waals surface area contributed by atoms with Gasteiger partial charge in [-0.2, -0.15) is 0 Å². The van der Waals surface area contributed by atoms with Crippen molar-refractivity contribution in [1.29, 1.82) is 0 Å². The summed E-state index contributed by atoms with van der Waals surface area (Å²) in [5, 5.41) is 10.8. The summed E-state index contributed by atoms with van der Waals surface area (Å²) >= 11 is 0. The van der Waals surface area contributed by atoms with E-state index >= 15 is 0 Å². The van der Waals surface area contributed by atoms with Crippen molar-refractivity contribution >= 4 is 45.2 Å². The minimum absolute atomic E-state index is 0. The molecule has 2 heterocycles. The fourth-order valence-electron chi connectivity index (χ4n) is 3.66. The number of amides is 1. The van der Waals surface area contributed by atoms with Gasteiger partial charge >= 0.3 is 0 Å². The van der Waals surface area contributed by atoms with Crippen LogP contribution in [0.3, 0.4) is 0 Å². The zero-order valence-corrected chi connectivity index (χ0v) is 21.0. The van der Waals surface area contributed by atoms with E-state index in [2.05, 4.69) is 20.9 Å². The number of rotatable bonds is 6. The van der Waals surface area contributed by atoms with Crippen LogP contribution in [0.1, 0.15) is 10.4 Å². The molecule has 5 rings (SSSR count). The van der Waals surface area contributed by atoms with Gasteiger partial charge in [0.2, 0.25) is 0 Å². The highest BCUT2D eigenvalue weighted by atomic mass is 35.5. The highest BCUT2D eigenvalue weighted by molar-refractivity contribution is 6.04. The minimum Gasteiger partial charge on any atom is -1.00 e. The van der Waals surface area contributed by atoms with Crippen LogP contribution < -0.4 is 45.3 Å². The van der Waals surface area contributed by atoms with Gasteiger partial charge < -0.3 is 40.8 Å². The van der Waals surface area contributed by atoms with E-state index in [0.29, 0.717) is 5.56 Å². The van der Waals surface area contributed by atoms with Crippen molar-refractivity contribution in [2.75, 3.05) is 16.0 Å². The number of pyridine rings is 2. The predicted octanol–water partition coefficient (Wildman–Crippen LogP) is -0.193. The number of hydrogen-bond acceptors (Lipinski definition) is 4. The van der Waals surface area contributed by atoms with Crippen molar-refractivity contribution in [3.63, 3.8) is 0 Å². The number of aromatic nitrogens is 2. The Balaban J connectivity index is 0.00000180. The van der Waals surface area contributed by atoms with Crippen LogP contribution in [0.5, 0.6) is 0 Å². The monoisotopic (exact) mass is 516 g/mol. The van der Waals surface area contributed by atoms with Crippen molar-refractivity contribution in [3.05, 3.63) is 115 Å². The maximum Gasteiger partial charge on any atom is 0.255 e. The lowest BCUT2D eigenvalue weighted by molar-refractivity contribution is -0.671. The summed E-state index contributed by atoms with van der Waals surface area (Å²) in [6.45, 7) is 0. The molecule has 0 saturated heterocycles. The molecule has 0 aliphatic rings. The number of benzene rings is 3. The Hall–Kier alpha value is -4.13. The first kappa shape index (κ1) is 26.5. The molecule has 3 aromatic carbocycles. The summed E-state index contributed by atoms with van der Waals surface area (Å²) < 4.78 is 1.97. The lowest BCUT2D eigenvalue weighted by Crippen LogP contribution is -3.00. The number of halogens is 2. The Morgan fingerprint density at radius 3 is 2.00 bits per heavy atom. The zero-order chi connectivity index (χ0) is 23.3. The molecule has 0 aliphatic heterocycles. The summed E-state index contributed by atoms with van der Waals surface area (Å²) in [5.74, 6) is -0.154. The summed E-state index contributed by atoms with van der Waals surface area (Å²) in [5.41, 5.74) is 6.09. The lowest BCUT2D eigenvalue weighted by atomic mass is 10.1. The van der Waals surface area contributed by atoms with Gasteiger partial charge in [0.25, 0.3) is 5.91 Å². The fourth-order valence-corrected chi connectivity index (χ4v) is 3.66. The fraction of sp³-hybridized carbons (Fsp3) is 0.0357. The third-order valence-corrected chi connectivity index (χ3v) is 5.49. The van der Waals surface area contributed by atoms with Crippen LogP contribution in [0.15, 0.2) is 110 Å². The van der Waals surface area contributed by atoms with Crippen molar-refractivity contribution < 1.29 is 34.2 Å². The second-order valence-electron chi connectivity index (χ2n) is 7.99. The predicted molar refractivity (Wildman–Crippen MR) is 137 cm³/mol. The van der Waals surface area contributed by atoms with Gasteiger partial charge in [-0.3, -0.25) is 9.78 Å². The smallest absolute Gasteiger partial charge is 0.255 e. The number of para-hydroxylation sites is 1. The maximum atomic E-state index is 12.7. The highest BCUT2D eigenvalue weighted by Crippen LogP contribution is 2.26. The first-order valence-corrected chi connectivity index (χ1v) is 11.0. The van der Waals surface area contributed by atoms with Gasteiger partial charge in [-0.15, -0.1) is 0 Å². The Morgan fingerprint density at radius 1 is 0.694 bits per heavy atom. The number of nitrogens with one attached hydrogen (secondary N) is 3. The Kier molecular flexibility index (Phi) is 8.84. The second kappa shape index (κ2) is 12.0. The van der Waals surface area contributed by atoms with E-state index in [1.165, 1.54) is 0 Å². The Morgan fingerprint density at radius 2 is 1.28 bits per heavy atom. The molecule has 0 bridgehead atoms. The number of anilines is 5. The van der Waals surface area contributed by atoms with Crippen molar-refractivity contribution in [2.45, 2.75) is 0 Å². The van der Waals surface area contributed by atoms with Gasteiger partial charge in [-0.1, -0.05) is 18.2 Å². The molecule has 6 nitrogen and oxygen atoms in total. The van der Waals surface area contributed by atoms with E-state index in [4.69, 9.17) is 0 Å². The SMILES string of the molecule is C[n+]1ccc(Nc2ccc(C(=O)Nc3ccc(Nc4ccnc5ccccc45)cc3)cc2)cc1.[Cl-].[Cl-]. The third kappa shape index (κ3) is 6.30. The molecule has 1 amide bonds. The number of aryl methyl sites for hydroxylation is 1. The minimum atomic E-state index is -0.154. The second-order valence-corrected chi connectivity index (χ2v) is 7.99. The lowest BCUT2D eigenvalue weighted by Gasteiger charge is -2.11. The molecule has 182 valence electrons. The highest BCUT2D eigenvalue weighted by Gasteiger charge is 2.07. The number of fused-ring (bicyclic) bond motifs is 1. The molecule has 0 unspecified atom stereocenters. The summed E-state index contributed by atoms with van der Waals surface area (Å²) in [6.07, 6.45) is 5.74. The van der Waals surface area contributed by atoms with Crippen LogP contribution in [0.25, 0.3) is 10.9 Å². The zero-order valence-electron chi connectivity index (χ0n) is 19.5. The number of carbonyl (C=O) groups is 1. The topological polar surface area (TPSA) is 69.9 Å². The quantitative estimate of drug-likeness (QED) is 0.273. The summed E-state index contributed by atoms with van der Waals surface area (Å²) in [7, 11) is 1.98. The molecular weight excluding hydrogens is 493 g/mol. The molecule has 36 heavy (non-hydrogen) atoms. The molecule has 0 saturated carbocycles. The molecule has 2 aromatic heterocycles. The Bertz CT molecular complexity index is 1440. The van der Waals surface area contributed by atoms with Crippen LogP contribution in [0, 0.1) is 0 Å². The molecular formula is C28H24Cl2N5O-. The van der Waals surface area contributed by atoms with E-state index < -0.39 is 0 Å². The van der Waals surface area contributed by atoms with Gasteiger partial charge in [-0.05, 0) is 60.7 Å². The van der Waals surface area contributed by atoms with Crippen LogP contribution in [0.4, 0.5) is 28.4 Å². The van der Waals surface area contributed by atoms with Crippen LogP contribution in [-0.2, 0) is 7.05 Å². The largest absolute Gasteiger partial charge is 1.00 e. The van der Waals surface area contributed by atoms with E-state index in [0.717, 1.165) is 39.3 Å². The molecule has 0 aliphatic carbocycles. The average molecular weight is 517 g/mol. The molecule has 0 fully saturated rings. The number of nitrogens with zero attached hydrogens (tertiary/aromatic N) is 2. The molecule has 5 aromatic rings. The standard InChI is InChI=1S/C28H23N5O.2ClH/c1-33-18-15-24(16-19-33)30-21-8-6-20(7-9-21)28(34)32-23-12-10-22(11-13-23)31-27-14-17-29-26-5-3-2-4-25(26)27;;/h2-19H,1H3,(H2,29,31,32,34);2*1H/p-1. The van der Waals surface area contributed by atoms with E-state index in [-0.39, 0.29) is 30.7 Å². The summed E-state index contributed by atoms with van der Waals surface area (Å²) in [6, 6.07) is 29.0. The number of hydrogen-bond donors (Lipinski definition) is 3. The Labute approximate surface area is 222 Å². The van der Waals surface area contributed by atoms with Gasteiger partial charge in [-0.25, -0.2) is 4.57 Å². The average Bonchev–Trinajstić information content (AvgIpc) is 2.87. The van der Waals surface area contributed by atoms with Crippen molar-refractivity contribution in [3.8, 4) is 0 Å². The molecule has 0 spiro atoms. The molecule has 8 heteroatoms. The van der Waals surface area contributed by atoms with Crippen molar-refractivity contribution in [1.82, 2.24) is 4.98 Å². The van der Waals surface area contributed by atoms with Gasteiger partial charge in [0.1, 0.15) is 7.05 Å². The van der Waals surface area contributed by atoms with Crippen LogP contribution in [-0.4, -0.2) is 10.9 Å². The first-order chi connectivity index (χ1) is 16.6. The third-order valence-electron chi connectivity index (χ3n) is 5.49. The van der Waals surface area contributed by atoms with Gasteiger partial charge in [0, 0.05) is 52.0 Å². The first-order valence-electron chi connectivity index (χ1n) is 11.0. The summed E-state index contributed by atoms with van der Waals surface area (Å²) in [4.78, 5) is 17.1.